The fourth-order valence-corrected chi connectivity index (χ4v) is 1.53. The molecule has 0 saturated carbocycles. The minimum atomic E-state index is -1.35. The van der Waals surface area contributed by atoms with Gasteiger partial charge in [-0.1, -0.05) is 6.07 Å². The van der Waals surface area contributed by atoms with E-state index in [-0.39, 0.29) is 24.4 Å². The van der Waals surface area contributed by atoms with Crippen molar-refractivity contribution >= 4 is 23.6 Å². The number of aromatic carboxylic acids is 1. The van der Waals surface area contributed by atoms with E-state index in [1.165, 1.54) is 26.2 Å². The van der Waals surface area contributed by atoms with E-state index in [0.29, 0.717) is 0 Å². The van der Waals surface area contributed by atoms with Crippen LogP contribution in [-0.4, -0.2) is 48.6 Å². The summed E-state index contributed by atoms with van der Waals surface area (Å²) in [4.78, 5) is 35.1. The van der Waals surface area contributed by atoms with Gasteiger partial charge >= 0.3 is 12.0 Å². The van der Waals surface area contributed by atoms with E-state index in [9.17, 15) is 18.8 Å². The molecule has 3 amide bonds. The summed E-state index contributed by atoms with van der Waals surface area (Å²) in [5.74, 6) is -2.44. The largest absolute Gasteiger partial charge is 0.478 e. The van der Waals surface area contributed by atoms with E-state index in [1.54, 1.807) is 0 Å². The zero-order chi connectivity index (χ0) is 16.0. The van der Waals surface area contributed by atoms with Crippen molar-refractivity contribution in [3.05, 3.63) is 29.6 Å². The molecule has 1 rings (SSSR count). The Kier molecular flexibility index (Phi) is 5.65. The van der Waals surface area contributed by atoms with Crippen LogP contribution in [0.3, 0.4) is 0 Å². The molecule has 0 aromatic heterocycles. The van der Waals surface area contributed by atoms with Gasteiger partial charge in [0, 0.05) is 27.1 Å². The lowest BCUT2D eigenvalue weighted by molar-refractivity contribution is -0.120. The molecule has 0 unspecified atom stereocenters. The number of rotatable bonds is 5. The molecule has 0 aliphatic carbocycles. The third-order valence-corrected chi connectivity index (χ3v) is 2.78. The second kappa shape index (κ2) is 7.22. The average molecular weight is 297 g/mol. The van der Waals surface area contributed by atoms with Crippen LogP contribution in [-0.2, 0) is 4.79 Å². The molecule has 1 aromatic carbocycles. The first-order chi connectivity index (χ1) is 9.86. The Morgan fingerprint density at radius 1 is 1.33 bits per heavy atom. The highest BCUT2D eigenvalue weighted by Gasteiger charge is 2.18. The van der Waals surface area contributed by atoms with E-state index in [4.69, 9.17) is 5.11 Å². The Morgan fingerprint density at radius 2 is 2.00 bits per heavy atom. The van der Waals surface area contributed by atoms with E-state index in [1.807, 2.05) is 0 Å². The number of benzene rings is 1. The fourth-order valence-electron chi connectivity index (χ4n) is 1.53. The zero-order valence-corrected chi connectivity index (χ0v) is 11.6. The Morgan fingerprint density at radius 3 is 2.57 bits per heavy atom. The van der Waals surface area contributed by atoms with Gasteiger partial charge in [0.2, 0.25) is 5.91 Å². The van der Waals surface area contributed by atoms with Crippen LogP contribution >= 0.6 is 0 Å². The third-order valence-electron chi connectivity index (χ3n) is 2.78. The van der Waals surface area contributed by atoms with Gasteiger partial charge in [-0.15, -0.1) is 0 Å². The van der Waals surface area contributed by atoms with Crippen LogP contribution in [0, 0.1) is 5.82 Å². The smallest absolute Gasteiger partial charge is 0.337 e. The van der Waals surface area contributed by atoms with E-state index < -0.39 is 23.5 Å². The minimum Gasteiger partial charge on any atom is -0.478 e. The molecule has 3 N–H and O–H groups in total. The van der Waals surface area contributed by atoms with Crippen molar-refractivity contribution in [3.63, 3.8) is 0 Å². The van der Waals surface area contributed by atoms with Crippen LogP contribution in [0.5, 0.6) is 0 Å². The molecule has 114 valence electrons. The van der Waals surface area contributed by atoms with Gasteiger partial charge in [-0.05, 0) is 12.1 Å². The van der Waals surface area contributed by atoms with Gasteiger partial charge in [-0.2, -0.15) is 0 Å². The number of carboxylic acids is 1. The Labute approximate surface area is 120 Å². The van der Waals surface area contributed by atoms with Gasteiger partial charge in [0.1, 0.15) is 5.82 Å². The van der Waals surface area contributed by atoms with Crippen LogP contribution in [0.15, 0.2) is 18.2 Å². The first-order valence-corrected chi connectivity index (χ1v) is 6.11. The third kappa shape index (κ3) is 4.44. The second-order valence-corrected chi connectivity index (χ2v) is 4.24. The lowest BCUT2D eigenvalue weighted by atomic mass is 10.1. The van der Waals surface area contributed by atoms with Gasteiger partial charge in [0.15, 0.2) is 0 Å². The number of anilines is 1. The van der Waals surface area contributed by atoms with Gasteiger partial charge in [0.05, 0.1) is 11.3 Å². The van der Waals surface area contributed by atoms with Crippen LogP contribution in [0.4, 0.5) is 14.9 Å². The number of nitrogens with one attached hydrogen (secondary N) is 2. The summed E-state index contributed by atoms with van der Waals surface area (Å²) in [6.07, 6.45) is 0.0868. The number of halogens is 1. The predicted octanol–water partition coefficient (Wildman–Crippen LogP) is 1.12. The van der Waals surface area contributed by atoms with Crippen molar-refractivity contribution in [2.24, 2.45) is 0 Å². The number of nitrogens with zero attached hydrogens (tertiary/aromatic N) is 1. The number of para-hydroxylation sites is 1. The molecule has 0 radical (unpaired) electrons. The highest BCUT2D eigenvalue weighted by molar-refractivity contribution is 6.00. The molecule has 0 aliphatic rings. The van der Waals surface area contributed by atoms with Crippen molar-refractivity contribution in [2.75, 3.05) is 26.0 Å². The molecule has 8 heteroatoms. The molecule has 0 aliphatic heterocycles. The number of carbonyl (C=O) groups is 3. The molecule has 1 aromatic rings. The number of urea groups is 1. The van der Waals surface area contributed by atoms with Crippen molar-refractivity contribution in [3.8, 4) is 0 Å². The Balaban J connectivity index is 2.79. The molecule has 0 heterocycles. The first kappa shape index (κ1) is 16.4. The maximum Gasteiger partial charge on any atom is 0.337 e. The summed E-state index contributed by atoms with van der Waals surface area (Å²) in [5, 5.41) is 13.6. The summed E-state index contributed by atoms with van der Waals surface area (Å²) in [5.41, 5.74) is -0.746. The van der Waals surface area contributed by atoms with E-state index >= 15 is 0 Å². The molecule has 0 atom stereocenters. The van der Waals surface area contributed by atoms with Gasteiger partial charge in [0.25, 0.3) is 0 Å². The quantitative estimate of drug-likeness (QED) is 0.758. The van der Waals surface area contributed by atoms with E-state index in [2.05, 4.69) is 10.6 Å². The van der Waals surface area contributed by atoms with Crippen molar-refractivity contribution in [2.45, 2.75) is 6.42 Å². The summed E-state index contributed by atoms with van der Waals surface area (Å²) in [6, 6.07) is 2.77. The minimum absolute atomic E-state index is 0.0868. The number of carboxylic acid groups (broad SMARTS) is 1. The van der Waals surface area contributed by atoms with Gasteiger partial charge in [-0.3, -0.25) is 4.79 Å². The maximum atomic E-state index is 13.6. The highest BCUT2D eigenvalue weighted by atomic mass is 19.1. The number of hydrogen-bond acceptors (Lipinski definition) is 3. The standard InChI is InChI=1S/C13H16FN3O4/c1-15-10(18)6-7-17(2)13(21)16-11-8(12(19)20)4-3-5-9(11)14/h3-5H,6-7H2,1-2H3,(H,15,18)(H,16,21)(H,19,20). The molecular weight excluding hydrogens is 281 g/mol. The van der Waals surface area contributed by atoms with Crippen LogP contribution in [0.25, 0.3) is 0 Å². The lowest BCUT2D eigenvalue weighted by Crippen LogP contribution is -2.35. The molecule has 0 fully saturated rings. The maximum absolute atomic E-state index is 13.6. The van der Waals surface area contributed by atoms with Crippen LogP contribution < -0.4 is 10.6 Å². The van der Waals surface area contributed by atoms with Crippen LogP contribution in [0.2, 0.25) is 0 Å². The predicted molar refractivity (Wildman–Crippen MR) is 73.7 cm³/mol. The summed E-state index contributed by atoms with van der Waals surface area (Å²) >= 11 is 0. The first-order valence-electron chi connectivity index (χ1n) is 6.11. The van der Waals surface area contributed by atoms with Crippen molar-refractivity contribution in [1.82, 2.24) is 10.2 Å². The Hall–Kier alpha value is -2.64. The monoisotopic (exact) mass is 297 g/mol. The van der Waals surface area contributed by atoms with Crippen LogP contribution in [0.1, 0.15) is 16.8 Å². The number of hydrogen-bond donors (Lipinski definition) is 3. The molecule has 7 nitrogen and oxygen atoms in total. The summed E-state index contributed by atoms with van der Waals surface area (Å²) in [7, 11) is 2.89. The molecule has 0 spiro atoms. The molecule has 0 saturated heterocycles. The molecule has 0 bridgehead atoms. The van der Waals surface area contributed by atoms with E-state index in [0.717, 1.165) is 11.0 Å². The highest BCUT2D eigenvalue weighted by Crippen LogP contribution is 2.20. The summed E-state index contributed by atoms with van der Waals surface area (Å²) < 4.78 is 13.6. The normalized spacial score (nSPS) is 9.86. The Bertz CT molecular complexity index is 562. The molecular formula is C13H16FN3O4. The SMILES string of the molecule is CNC(=O)CCN(C)C(=O)Nc1c(F)cccc1C(=O)O. The van der Waals surface area contributed by atoms with Crippen molar-refractivity contribution < 1.29 is 23.9 Å². The second-order valence-electron chi connectivity index (χ2n) is 4.24. The number of carbonyl (C=O) groups excluding carboxylic acids is 2. The number of amides is 3. The zero-order valence-electron chi connectivity index (χ0n) is 11.6. The van der Waals surface area contributed by atoms with Gasteiger partial charge < -0.3 is 20.6 Å². The van der Waals surface area contributed by atoms with Crippen molar-refractivity contribution in [1.29, 1.82) is 0 Å². The molecule has 21 heavy (non-hydrogen) atoms. The summed E-state index contributed by atoms with van der Waals surface area (Å²) in [6.45, 7) is 0.113. The topological polar surface area (TPSA) is 98.7 Å². The van der Waals surface area contributed by atoms with Gasteiger partial charge in [-0.25, -0.2) is 14.0 Å². The lowest BCUT2D eigenvalue weighted by Gasteiger charge is -2.18. The fraction of sp³-hybridized carbons (Fsp3) is 0.308. The average Bonchev–Trinajstić information content (AvgIpc) is 2.45.